The van der Waals surface area contributed by atoms with Gasteiger partial charge in [-0.15, -0.1) is 0 Å². The van der Waals surface area contributed by atoms with Gasteiger partial charge in [0.05, 0.1) is 0 Å². The highest BCUT2D eigenvalue weighted by Gasteiger charge is 2.31. The summed E-state index contributed by atoms with van der Waals surface area (Å²) in [6, 6.07) is 8.95. The van der Waals surface area contributed by atoms with Crippen LogP contribution in [0.4, 0.5) is 0 Å². The van der Waals surface area contributed by atoms with Crippen molar-refractivity contribution in [3.8, 4) is 5.75 Å². The van der Waals surface area contributed by atoms with E-state index < -0.39 is 0 Å². The SMILES string of the molecule is c1ccc2c(c1)C[C@@H](C1CCCN1)O2. The van der Waals surface area contributed by atoms with Crippen LogP contribution in [0.2, 0.25) is 0 Å². The zero-order valence-electron chi connectivity index (χ0n) is 8.20. The van der Waals surface area contributed by atoms with Crippen LogP contribution in [-0.2, 0) is 6.42 Å². The molecule has 0 aromatic heterocycles. The number of rotatable bonds is 1. The molecular weight excluding hydrogens is 174 g/mol. The molecule has 14 heavy (non-hydrogen) atoms. The molecule has 0 saturated carbocycles. The Morgan fingerprint density at radius 1 is 1.29 bits per heavy atom. The van der Waals surface area contributed by atoms with E-state index in [0.717, 1.165) is 18.7 Å². The summed E-state index contributed by atoms with van der Waals surface area (Å²) in [5, 5.41) is 3.51. The van der Waals surface area contributed by atoms with Crippen molar-refractivity contribution in [2.75, 3.05) is 6.54 Å². The highest BCUT2D eigenvalue weighted by molar-refractivity contribution is 5.37. The number of hydrogen-bond donors (Lipinski definition) is 1. The van der Waals surface area contributed by atoms with E-state index in [1.807, 2.05) is 6.07 Å². The van der Waals surface area contributed by atoms with Crippen molar-refractivity contribution in [3.05, 3.63) is 29.8 Å². The van der Waals surface area contributed by atoms with Gasteiger partial charge in [-0.05, 0) is 31.0 Å². The first-order valence-electron chi connectivity index (χ1n) is 5.41. The summed E-state index contributed by atoms with van der Waals surface area (Å²) in [4.78, 5) is 0. The highest BCUT2D eigenvalue weighted by atomic mass is 16.5. The fraction of sp³-hybridized carbons (Fsp3) is 0.500. The highest BCUT2D eigenvalue weighted by Crippen LogP contribution is 2.31. The van der Waals surface area contributed by atoms with Gasteiger partial charge in [0.25, 0.3) is 0 Å². The molecule has 1 saturated heterocycles. The van der Waals surface area contributed by atoms with E-state index >= 15 is 0 Å². The molecule has 1 aromatic rings. The van der Waals surface area contributed by atoms with Crippen LogP contribution in [0, 0.1) is 0 Å². The lowest BCUT2D eigenvalue weighted by atomic mass is 10.0. The molecule has 0 aliphatic carbocycles. The standard InChI is InChI=1S/C12H15NO/c1-2-6-11-9(4-1)8-12(14-11)10-5-3-7-13-10/h1-2,4,6,10,12-13H,3,5,7-8H2/t10?,12-/m0/s1. The predicted octanol–water partition coefficient (Wildman–Crippen LogP) is 1.74. The first-order valence-corrected chi connectivity index (χ1v) is 5.41. The molecule has 2 heteroatoms. The maximum atomic E-state index is 5.93. The van der Waals surface area contributed by atoms with Crippen molar-refractivity contribution in [2.24, 2.45) is 0 Å². The molecule has 0 amide bonds. The number of para-hydroxylation sites is 1. The van der Waals surface area contributed by atoms with E-state index in [4.69, 9.17) is 4.74 Å². The zero-order valence-corrected chi connectivity index (χ0v) is 8.20. The number of benzene rings is 1. The summed E-state index contributed by atoms with van der Waals surface area (Å²) in [5.74, 6) is 1.09. The molecule has 1 aromatic carbocycles. The lowest BCUT2D eigenvalue weighted by molar-refractivity contribution is 0.188. The smallest absolute Gasteiger partial charge is 0.123 e. The Hall–Kier alpha value is -1.02. The first kappa shape index (κ1) is 8.30. The molecule has 74 valence electrons. The van der Waals surface area contributed by atoms with Gasteiger partial charge >= 0.3 is 0 Å². The van der Waals surface area contributed by atoms with Crippen molar-refractivity contribution in [1.29, 1.82) is 0 Å². The van der Waals surface area contributed by atoms with Crippen molar-refractivity contribution >= 4 is 0 Å². The van der Waals surface area contributed by atoms with Crippen molar-refractivity contribution in [1.82, 2.24) is 5.32 Å². The minimum Gasteiger partial charge on any atom is -0.488 e. The molecular formula is C12H15NO. The van der Waals surface area contributed by atoms with Crippen LogP contribution in [0.5, 0.6) is 5.75 Å². The molecule has 3 rings (SSSR count). The summed E-state index contributed by atoms with van der Waals surface area (Å²) >= 11 is 0. The molecule has 2 atom stereocenters. The molecule has 1 N–H and O–H groups in total. The van der Waals surface area contributed by atoms with Gasteiger partial charge in [0.2, 0.25) is 0 Å². The average molecular weight is 189 g/mol. The first-order chi connectivity index (χ1) is 6.93. The Kier molecular flexibility index (Phi) is 1.95. The summed E-state index contributed by atoms with van der Waals surface area (Å²) in [7, 11) is 0. The lowest BCUT2D eigenvalue weighted by Crippen LogP contribution is -2.37. The van der Waals surface area contributed by atoms with Crippen LogP contribution in [0.3, 0.4) is 0 Å². The normalized spacial score (nSPS) is 30.0. The van der Waals surface area contributed by atoms with Gasteiger partial charge < -0.3 is 10.1 Å². The minimum absolute atomic E-state index is 0.370. The van der Waals surface area contributed by atoms with Gasteiger partial charge in [-0.1, -0.05) is 18.2 Å². The second-order valence-corrected chi connectivity index (χ2v) is 4.17. The van der Waals surface area contributed by atoms with Crippen molar-refractivity contribution < 1.29 is 4.74 Å². The Balaban J connectivity index is 1.77. The molecule has 2 aliphatic heterocycles. The van der Waals surface area contributed by atoms with Crippen LogP contribution in [0.15, 0.2) is 24.3 Å². The molecule has 1 fully saturated rings. The van der Waals surface area contributed by atoms with Gasteiger partial charge in [0.15, 0.2) is 0 Å². The summed E-state index contributed by atoms with van der Waals surface area (Å²) in [6.45, 7) is 1.15. The third-order valence-corrected chi connectivity index (χ3v) is 3.22. The maximum Gasteiger partial charge on any atom is 0.123 e. The van der Waals surface area contributed by atoms with Crippen molar-refractivity contribution in [2.45, 2.75) is 31.4 Å². The quantitative estimate of drug-likeness (QED) is 0.726. The van der Waals surface area contributed by atoms with Gasteiger partial charge in [0, 0.05) is 12.5 Å². The van der Waals surface area contributed by atoms with E-state index in [1.54, 1.807) is 0 Å². The number of ether oxygens (including phenoxy) is 1. The zero-order chi connectivity index (χ0) is 9.38. The maximum absolute atomic E-state index is 5.93. The van der Waals surface area contributed by atoms with E-state index in [-0.39, 0.29) is 0 Å². The Bertz CT molecular complexity index is 306. The Morgan fingerprint density at radius 2 is 2.21 bits per heavy atom. The Morgan fingerprint density at radius 3 is 3.00 bits per heavy atom. The van der Waals surface area contributed by atoms with Crippen LogP contribution < -0.4 is 10.1 Å². The summed E-state index contributed by atoms with van der Waals surface area (Å²) in [6.07, 6.45) is 4.00. The van der Waals surface area contributed by atoms with E-state index in [2.05, 4.69) is 23.5 Å². The topological polar surface area (TPSA) is 21.3 Å². The Labute approximate surface area is 84.3 Å². The molecule has 2 heterocycles. The van der Waals surface area contributed by atoms with Gasteiger partial charge in [0.1, 0.15) is 11.9 Å². The minimum atomic E-state index is 0.370. The lowest BCUT2D eigenvalue weighted by Gasteiger charge is -2.18. The van der Waals surface area contributed by atoms with Crippen LogP contribution >= 0.6 is 0 Å². The van der Waals surface area contributed by atoms with E-state index in [0.29, 0.717) is 12.1 Å². The molecule has 2 nitrogen and oxygen atoms in total. The van der Waals surface area contributed by atoms with E-state index in [1.165, 1.54) is 18.4 Å². The van der Waals surface area contributed by atoms with Gasteiger partial charge in [-0.25, -0.2) is 0 Å². The third kappa shape index (κ3) is 1.30. The second kappa shape index (κ2) is 3.28. The average Bonchev–Trinajstić information content (AvgIpc) is 2.86. The predicted molar refractivity (Wildman–Crippen MR) is 55.6 cm³/mol. The van der Waals surface area contributed by atoms with E-state index in [9.17, 15) is 0 Å². The third-order valence-electron chi connectivity index (χ3n) is 3.22. The fourth-order valence-corrected chi connectivity index (χ4v) is 2.46. The summed E-state index contributed by atoms with van der Waals surface area (Å²) < 4.78 is 5.93. The van der Waals surface area contributed by atoms with Crippen LogP contribution in [-0.4, -0.2) is 18.7 Å². The second-order valence-electron chi connectivity index (χ2n) is 4.17. The number of hydrogen-bond acceptors (Lipinski definition) is 2. The molecule has 0 spiro atoms. The molecule has 2 aliphatic rings. The van der Waals surface area contributed by atoms with Crippen LogP contribution in [0.25, 0.3) is 0 Å². The molecule has 1 unspecified atom stereocenters. The fourth-order valence-electron chi connectivity index (χ4n) is 2.46. The molecule has 0 radical (unpaired) electrons. The van der Waals surface area contributed by atoms with Crippen molar-refractivity contribution in [3.63, 3.8) is 0 Å². The van der Waals surface area contributed by atoms with Gasteiger partial charge in [-0.3, -0.25) is 0 Å². The number of nitrogens with one attached hydrogen (secondary N) is 1. The van der Waals surface area contributed by atoms with Crippen LogP contribution in [0.1, 0.15) is 18.4 Å². The number of fused-ring (bicyclic) bond motifs is 1. The molecule has 0 bridgehead atoms. The van der Waals surface area contributed by atoms with Gasteiger partial charge in [-0.2, -0.15) is 0 Å². The monoisotopic (exact) mass is 189 g/mol. The summed E-state index contributed by atoms with van der Waals surface area (Å²) in [5.41, 5.74) is 1.37. The largest absolute Gasteiger partial charge is 0.488 e.